The van der Waals surface area contributed by atoms with Crippen LogP contribution < -0.4 is 0 Å². The molecule has 3 aromatic rings. The molecule has 0 saturated heterocycles. The first-order valence-electron chi connectivity index (χ1n) is 6.93. The second kappa shape index (κ2) is 6.58. The van der Waals surface area contributed by atoms with Crippen LogP contribution in [0, 0.1) is 6.20 Å². The zero-order chi connectivity index (χ0) is 14.3. The third kappa shape index (κ3) is 3.40. The SMILES string of the molecule is [C-]([N-]c1ccccc1)=C(c1ccccc1)c1ccccc1. The van der Waals surface area contributed by atoms with Crippen molar-refractivity contribution < 1.29 is 0 Å². The van der Waals surface area contributed by atoms with Crippen LogP contribution in [-0.2, 0) is 0 Å². The molecule has 0 unspecified atom stereocenters. The van der Waals surface area contributed by atoms with Gasteiger partial charge < -0.3 is 5.32 Å². The van der Waals surface area contributed by atoms with E-state index in [1.807, 2.05) is 66.7 Å². The second-order valence-electron chi connectivity index (χ2n) is 4.67. The Morgan fingerprint density at radius 2 is 1.00 bits per heavy atom. The second-order valence-corrected chi connectivity index (χ2v) is 4.67. The van der Waals surface area contributed by atoms with Gasteiger partial charge in [0.15, 0.2) is 0 Å². The molecule has 0 aliphatic rings. The lowest BCUT2D eigenvalue weighted by Gasteiger charge is -2.28. The summed E-state index contributed by atoms with van der Waals surface area (Å²) >= 11 is 0. The minimum absolute atomic E-state index is 0.905. The molecule has 102 valence electrons. The molecule has 0 aliphatic carbocycles. The zero-order valence-corrected chi connectivity index (χ0v) is 11.6. The summed E-state index contributed by atoms with van der Waals surface area (Å²) in [7, 11) is 0. The van der Waals surface area contributed by atoms with E-state index in [1.54, 1.807) is 0 Å². The largest absolute Gasteiger partial charge is 0.753 e. The van der Waals surface area contributed by atoms with Crippen molar-refractivity contribution in [3.8, 4) is 0 Å². The zero-order valence-electron chi connectivity index (χ0n) is 11.6. The van der Waals surface area contributed by atoms with Gasteiger partial charge in [0, 0.05) is 0 Å². The van der Waals surface area contributed by atoms with Crippen LogP contribution >= 0.6 is 0 Å². The molecule has 1 heteroatoms. The van der Waals surface area contributed by atoms with Crippen molar-refractivity contribution in [2.24, 2.45) is 0 Å². The average molecular weight is 269 g/mol. The smallest absolute Gasteiger partial charge is 0.0638 e. The molecule has 3 rings (SSSR count). The highest BCUT2D eigenvalue weighted by Crippen LogP contribution is 2.26. The summed E-state index contributed by atoms with van der Waals surface area (Å²) < 4.78 is 0. The summed E-state index contributed by atoms with van der Waals surface area (Å²) in [6, 6.07) is 30.4. The third-order valence-electron chi connectivity index (χ3n) is 3.18. The normalized spacial score (nSPS) is 9.90. The maximum atomic E-state index is 4.47. The Balaban J connectivity index is 1.97. The first-order chi connectivity index (χ1) is 10.4. The highest BCUT2D eigenvalue weighted by atomic mass is 14.8. The number of hydrogen-bond donors (Lipinski definition) is 0. The lowest BCUT2D eigenvalue weighted by atomic mass is 9.99. The van der Waals surface area contributed by atoms with Gasteiger partial charge in [-0.1, -0.05) is 78.9 Å². The summed E-state index contributed by atoms with van der Waals surface area (Å²) in [5.41, 5.74) is 4.13. The molecule has 3 aromatic carbocycles. The molecule has 0 atom stereocenters. The Kier molecular flexibility index (Phi) is 4.13. The van der Waals surface area contributed by atoms with E-state index in [4.69, 9.17) is 0 Å². The van der Waals surface area contributed by atoms with Gasteiger partial charge in [0.2, 0.25) is 0 Å². The van der Waals surface area contributed by atoms with Gasteiger partial charge in [-0.3, -0.25) is 6.20 Å². The van der Waals surface area contributed by atoms with Gasteiger partial charge in [-0.05, 0) is 0 Å². The standard InChI is InChI=1S/C20H15N/c1-4-10-17(11-5-1)20(18-12-6-2-7-13-18)16-21-19-14-8-3-9-15-19/h1-15H/q-2. The Labute approximate surface area is 125 Å². The summed E-state index contributed by atoms with van der Waals surface area (Å²) in [6.45, 7) is 0. The van der Waals surface area contributed by atoms with Crippen molar-refractivity contribution in [3.05, 3.63) is 114 Å². The van der Waals surface area contributed by atoms with Crippen LogP contribution in [0.15, 0.2) is 91.0 Å². The van der Waals surface area contributed by atoms with Gasteiger partial charge >= 0.3 is 0 Å². The number of benzene rings is 3. The highest BCUT2D eigenvalue weighted by Gasteiger charge is 1.92. The van der Waals surface area contributed by atoms with Crippen LogP contribution in [0.4, 0.5) is 5.69 Å². The molecule has 0 radical (unpaired) electrons. The molecule has 0 N–H and O–H groups in total. The van der Waals surface area contributed by atoms with Crippen LogP contribution in [0.2, 0.25) is 0 Å². The van der Waals surface area contributed by atoms with Crippen LogP contribution in [0.1, 0.15) is 11.1 Å². The summed E-state index contributed by atoms with van der Waals surface area (Å²) in [5, 5.41) is 4.47. The van der Waals surface area contributed by atoms with Gasteiger partial charge in [0.05, 0.1) is 0 Å². The topological polar surface area (TPSA) is 14.1 Å². The first kappa shape index (κ1) is 13.2. The molecule has 0 amide bonds. The maximum absolute atomic E-state index is 4.47. The van der Waals surface area contributed by atoms with Crippen molar-refractivity contribution in [1.29, 1.82) is 0 Å². The molecular weight excluding hydrogens is 254 g/mol. The van der Waals surface area contributed by atoms with E-state index in [-0.39, 0.29) is 0 Å². The quantitative estimate of drug-likeness (QED) is 0.548. The fourth-order valence-corrected chi connectivity index (χ4v) is 2.13. The number of para-hydroxylation sites is 1. The van der Waals surface area contributed by atoms with Crippen LogP contribution in [-0.4, -0.2) is 0 Å². The lowest BCUT2D eigenvalue weighted by molar-refractivity contribution is 1.52. The first-order valence-corrected chi connectivity index (χ1v) is 6.93. The summed E-state index contributed by atoms with van der Waals surface area (Å²) in [5.74, 6) is 0. The summed E-state index contributed by atoms with van der Waals surface area (Å²) in [6.07, 6.45) is 3.21. The lowest BCUT2D eigenvalue weighted by Crippen LogP contribution is -1.87. The van der Waals surface area contributed by atoms with Crippen LogP contribution in [0.3, 0.4) is 0 Å². The summed E-state index contributed by atoms with van der Waals surface area (Å²) in [4.78, 5) is 0. The average Bonchev–Trinajstić information content (AvgIpc) is 2.58. The van der Waals surface area contributed by atoms with E-state index >= 15 is 0 Å². The molecule has 0 heterocycles. The molecule has 0 bridgehead atoms. The van der Waals surface area contributed by atoms with Gasteiger partial charge in [0.1, 0.15) is 0 Å². The predicted octanol–water partition coefficient (Wildman–Crippen LogP) is 5.58. The molecular formula is C20H15N-2. The van der Waals surface area contributed by atoms with E-state index in [2.05, 4.69) is 35.8 Å². The van der Waals surface area contributed by atoms with E-state index in [0.717, 1.165) is 22.4 Å². The van der Waals surface area contributed by atoms with Crippen molar-refractivity contribution in [3.63, 3.8) is 0 Å². The van der Waals surface area contributed by atoms with E-state index in [1.165, 1.54) is 0 Å². The van der Waals surface area contributed by atoms with Crippen molar-refractivity contribution in [2.75, 3.05) is 0 Å². The Morgan fingerprint density at radius 3 is 1.48 bits per heavy atom. The predicted molar refractivity (Wildman–Crippen MR) is 88.1 cm³/mol. The van der Waals surface area contributed by atoms with Gasteiger partial charge in [-0.25, -0.2) is 5.69 Å². The monoisotopic (exact) mass is 269 g/mol. The van der Waals surface area contributed by atoms with E-state index < -0.39 is 0 Å². The highest BCUT2D eigenvalue weighted by molar-refractivity contribution is 5.80. The molecule has 1 nitrogen and oxygen atoms in total. The fraction of sp³-hybridized carbons (Fsp3) is 0. The van der Waals surface area contributed by atoms with Gasteiger partial charge in [0.25, 0.3) is 0 Å². The van der Waals surface area contributed by atoms with E-state index in [0.29, 0.717) is 0 Å². The van der Waals surface area contributed by atoms with Crippen molar-refractivity contribution >= 4 is 11.3 Å². The minimum atomic E-state index is 0.905. The number of hydrogen-bond acceptors (Lipinski definition) is 0. The third-order valence-corrected chi connectivity index (χ3v) is 3.18. The number of nitrogens with zero attached hydrogens (tertiary/aromatic N) is 1. The molecule has 0 spiro atoms. The Hall–Kier alpha value is -2.80. The molecule has 0 aliphatic heterocycles. The fourth-order valence-electron chi connectivity index (χ4n) is 2.13. The maximum Gasteiger partial charge on any atom is -0.0638 e. The van der Waals surface area contributed by atoms with Gasteiger partial charge in [-0.2, -0.15) is 5.57 Å². The Morgan fingerprint density at radius 1 is 0.571 bits per heavy atom. The number of rotatable bonds is 4. The van der Waals surface area contributed by atoms with Gasteiger partial charge in [-0.15, -0.1) is 23.3 Å². The minimum Gasteiger partial charge on any atom is -0.753 e. The molecule has 21 heavy (non-hydrogen) atoms. The van der Waals surface area contributed by atoms with Crippen molar-refractivity contribution in [1.82, 2.24) is 0 Å². The van der Waals surface area contributed by atoms with Crippen LogP contribution in [0.5, 0.6) is 0 Å². The van der Waals surface area contributed by atoms with Crippen LogP contribution in [0.25, 0.3) is 10.9 Å². The molecule has 0 saturated carbocycles. The van der Waals surface area contributed by atoms with E-state index in [9.17, 15) is 0 Å². The van der Waals surface area contributed by atoms with Crippen molar-refractivity contribution in [2.45, 2.75) is 0 Å². The molecule has 0 fully saturated rings. The molecule has 0 aromatic heterocycles. The Bertz CT molecular complexity index is 659.